The molecule has 0 spiro atoms. The van der Waals surface area contributed by atoms with E-state index in [2.05, 4.69) is 19.1 Å². The molecule has 1 aliphatic rings. The van der Waals surface area contributed by atoms with Crippen LogP contribution in [-0.4, -0.2) is 18.3 Å². The molecule has 4 heteroatoms. The average molecular weight is 247 g/mol. The normalized spacial score (nSPS) is 23.1. The first-order valence-electron chi connectivity index (χ1n) is 6.41. The Bertz CT molecular complexity index is 412. The molecule has 2 rings (SSSR count). The molecule has 1 atom stereocenters. The summed E-state index contributed by atoms with van der Waals surface area (Å²) in [6, 6.07) is 8.18. The minimum absolute atomic E-state index is 0.258. The Hall–Kier alpha value is -0.835. The zero-order valence-electron chi connectivity index (χ0n) is 11.9. The van der Waals surface area contributed by atoms with Crippen LogP contribution in [0.1, 0.15) is 44.8 Å². The second kappa shape index (κ2) is 4.37. The van der Waals surface area contributed by atoms with E-state index in [9.17, 15) is 0 Å². The lowest BCUT2D eigenvalue weighted by Crippen LogP contribution is -2.41. The van der Waals surface area contributed by atoms with Gasteiger partial charge in [0.1, 0.15) is 0 Å². The van der Waals surface area contributed by atoms with Crippen molar-refractivity contribution in [3.05, 3.63) is 35.4 Å². The second-order valence-electron chi connectivity index (χ2n) is 6.06. The maximum absolute atomic E-state index is 6.24. The van der Waals surface area contributed by atoms with Crippen LogP contribution in [0.5, 0.6) is 0 Å². The Morgan fingerprint density at radius 3 is 1.89 bits per heavy atom. The number of aryl methyl sites for hydroxylation is 1. The lowest BCUT2D eigenvalue weighted by molar-refractivity contribution is 0.00578. The molecular weight excluding hydrogens is 225 g/mol. The first-order chi connectivity index (χ1) is 8.23. The first kappa shape index (κ1) is 13.6. The first-order valence-corrected chi connectivity index (χ1v) is 6.41. The van der Waals surface area contributed by atoms with Crippen molar-refractivity contribution in [1.82, 2.24) is 0 Å². The molecule has 1 fully saturated rings. The molecule has 1 aromatic rings. The summed E-state index contributed by atoms with van der Waals surface area (Å²) >= 11 is 0. The topological polar surface area (TPSA) is 44.5 Å². The number of hydrogen-bond acceptors (Lipinski definition) is 3. The van der Waals surface area contributed by atoms with Crippen LogP contribution >= 0.6 is 0 Å². The van der Waals surface area contributed by atoms with E-state index < -0.39 is 7.12 Å². The van der Waals surface area contributed by atoms with Crippen LogP contribution in [0, 0.1) is 6.92 Å². The summed E-state index contributed by atoms with van der Waals surface area (Å²) in [5.74, 6) is -0.258. The minimum Gasteiger partial charge on any atom is -0.402 e. The van der Waals surface area contributed by atoms with Crippen LogP contribution in [0.2, 0.25) is 0 Å². The van der Waals surface area contributed by atoms with Crippen molar-refractivity contribution < 1.29 is 9.31 Å². The second-order valence-corrected chi connectivity index (χ2v) is 6.06. The molecule has 0 bridgehead atoms. The van der Waals surface area contributed by atoms with E-state index in [0.29, 0.717) is 0 Å². The molecule has 2 N–H and O–H groups in total. The van der Waals surface area contributed by atoms with Crippen LogP contribution in [0.4, 0.5) is 0 Å². The molecule has 3 nitrogen and oxygen atoms in total. The largest absolute Gasteiger partial charge is 0.480 e. The highest BCUT2D eigenvalue weighted by Gasteiger charge is 2.53. The lowest BCUT2D eigenvalue weighted by Gasteiger charge is -2.32. The van der Waals surface area contributed by atoms with Gasteiger partial charge in [0.05, 0.1) is 17.1 Å². The van der Waals surface area contributed by atoms with Gasteiger partial charge in [0.2, 0.25) is 0 Å². The van der Waals surface area contributed by atoms with Crippen LogP contribution in [0.3, 0.4) is 0 Å². The molecule has 1 aromatic carbocycles. The zero-order valence-corrected chi connectivity index (χ0v) is 11.9. The molecule has 1 heterocycles. The maximum Gasteiger partial charge on any atom is 0.480 e. The molecule has 1 aliphatic heterocycles. The molecule has 0 aliphatic carbocycles. The smallest absolute Gasteiger partial charge is 0.402 e. The van der Waals surface area contributed by atoms with Crippen molar-refractivity contribution in [2.24, 2.45) is 5.73 Å². The van der Waals surface area contributed by atoms with Gasteiger partial charge >= 0.3 is 7.12 Å². The van der Waals surface area contributed by atoms with Gasteiger partial charge in [0.15, 0.2) is 0 Å². The summed E-state index contributed by atoms with van der Waals surface area (Å²) in [4.78, 5) is 0. The van der Waals surface area contributed by atoms with E-state index in [1.165, 1.54) is 5.56 Å². The average Bonchev–Trinajstić information content (AvgIpc) is 2.48. The lowest BCUT2D eigenvalue weighted by atomic mass is 9.75. The van der Waals surface area contributed by atoms with E-state index in [-0.39, 0.29) is 17.1 Å². The van der Waals surface area contributed by atoms with Crippen molar-refractivity contribution in [3.8, 4) is 0 Å². The summed E-state index contributed by atoms with van der Waals surface area (Å²) in [5.41, 5.74) is 7.84. The fourth-order valence-electron chi connectivity index (χ4n) is 1.98. The summed E-state index contributed by atoms with van der Waals surface area (Å²) in [6.07, 6.45) is 0. The number of nitrogens with two attached hydrogens (primary N) is 1. The van der Waals surface area contributed by atoms with Crippen molar-refractivity contribution in [3.63, 3.8) is 0 Å². The van der Waals surface area contributed by atoms with E-state index in [1.807, 2.05) is 39.8 Å². The monoisotopic (exact) mass is 247 g/mol. The van der Waals surface area contributed by atoms with Gasteiger partial charge in [0.25, 0.3) is 0 Å². The van der Waals surface area contributed by atoms with E-state index in [0.717, 1.165) is 5.56 Å². The van der Waals surface area contributed by atoms with Gasteiger partial charge in [-0.05, 0) is 40.2 Å². The third kappa shape index (κ3) is 2.33. The van der Waals surface area contributed by atoms with Crippen LogP contribution < -0.4 is 5.73 Å². The van der Waals surface area contributed by atoms with Gasteiger partial charge in [0, 0.05) is 0 Å². The highest BCUT2D eigenvalue weighted by atomic mass is 16.7. The van der Waals surface area contributed by atoms with Crippen molar-refractivity contribution in [2.75, 3.05) is 0 Å². The van der Waals surface area contributed by atoms with Gasteiger partial charge in [-0.25, -0.2) is 0 Å². The Morgan fingerprint density at radius 1 is 1.00 bits per heavy atom. The highest BCUT2D eigenvalue weighted by Crippen LogP contribution is 2.39. The third-order valence-electron chi connectivity index (χ3n) is 4.03. The van der Waals surface area contributed by atoms with Gasteiger partial charge in [-0.15, -0.1) is 0 Å². The molecule has 0 amide bonds. The van der Waals surface area contributed by atoms with E-state index in [1.54, 1.807) is 0 Å². The number of rotatable bonds is 2. The van der Waals surface area contributed by atoms with Crippen LogP contribution in [0.15, 0.2) is 24.3 Å². The van der Waals surface area contributed by atoms with Gasteiger partial charge in [-0.2, -0.15) is 0 Å². The van der Waals surface area contributed by atoms with E-state index >= 15 is 0 Å². The zero-order chi connectivity index (χ0) is 13.6. The predicted octanol–water partition coefficient (Wildman–Crippen LogP) is 2.63. The molecule has 0 aromatic heterocycles. The quantitative estimate of drug-likeness (QED) is 0.817. The molecule has 0 unspecified atom stereocenters. The molecule has 18 heavy (non-hydrogen) atoms. The van der Waals surface area contributed by atoms with E-state index in [4.69, 9.17) is 15.0 Å². The molecule has 0 saturated carbocycles. The maximum atomic E-state index is 6.24. The van der Waals surface area contributed by atoms with Crippen molar-refractivity contribution in [1.29, 1.82) is 0 Å². The Balaban J connectivity index is 2.17. The van der Waals surface area contributed by atoms with Crippen LogP contribution in [0.25, 0.3) is 0 Å². The Labute approximate surface area is 110 Å². The summed E-state index contributed by atoms with van der Waals surface area (Å²) in [6.45, 7) is 10.2. The Morgan fingerprint density at radius 2 is 1.44 bits per heavy atom. The standard InChI is InChI=1S/C14H22BNO2/c1-10-6-8-11(9-7-10)12(16)15-17-13(2,3)14(4,5)18-15/h6-9,12H,16H2,1-5H3/t12-/m1/s1. The molecule has 0 radical (unpaired) electrons. The highest BCUT2D eigenvalue weighted by molar-refractivity contribution is 6.47. The SMILES string of the molecule is Cc1ccc([C@@H](N)B2OC(C)(C)C(C)(C)O2)cc1. The molecule has 98 valence electrons. The number of benzene rings is 1. The number of hydrogen-bond donors (Lipinski definition) is 1. The Kier molecular flexibility index (Phi) is 3.30. The predicted molar refractivity (Wildman–Crippen MR) is 74.2 cm³/mol. The fraction of sp³-hybridized carbons (Fsp3) is 0.571. The molecular formula is C14H22BNO2. The third-order valence-corrected chi connectivity index (χ3v) is 4.03. The van der Waals surface area contributed by atoms with Crippen molar-refractivity contribution >= 4 is 7.12 Å². The summed E-state index contributed by atoms with van der Waals surface area (Å²) in [7, 11) is -0.391. The van der Waals surface area contributed by atoms with Gasteiger partial charge in [-0.1, -0.05) is 29.8 Å². The fourth-order valence-corrected chi connectivity index (χ4v) is 1.98. The van der Waals surface area contributed by atoms with Gasteiger partial charge in [-0.3, -0.25) is 0 Å². The van der Waals surface area contributed by atoms with Crippen LogP contribution in [-0.2, 0) is 9.31 Å². The van der Waals surface area contributed by atoms with Crippen molar-refractivity contribution in [2.45, 2.75) is 51.8 Å². The minimum atomic E-state index is -0.391. The van der Waals surface area contributed by atoms with Gasteiger partial charge < -0.3 is 15.0 Å². The summed E-state index contributed by atoms with van der Waals surface area (Å²) in [5, 5.41) is 0. The molecule has 1 saturated heterocycles. The summed E-state index contributed by atoms with van der Waals surface area (Å²) < 4.78 is 11.9.